The first-order valence-electron chi connectivity index (χ1n) is 26.5. The highest BCUT2D eigenvalue weighted by atomic mass is 16.6. The molecular weight excluding hydrogens is 1080 g/mol. The number of amides is 4. The maximum absolute atomic E-state index is 13.6. The van der Waals surface area contributed by atoms with Gasteiger partial charge in [0.05, 0.1) is 110 Å². The summed E-state index contributed by atoms with van der Waals surface area (Å²) in [5.41, 5.74) is 22.3. The Balaban J connectivity index is 2.11. The number of carboxylic acid groups (broad SMARTS) is 2. The maximum atomic E-state index is 13.6. The molecule has 81 heavy (non-hydrogen) atoms. The summed E-state index contributed by atoms with van der Waals surface area (Å²) in [7, 11) is 0. The highest BCUT2D eigenvalue weighted by molar-refractivity contribution is 5.86. The first-order chi connectivity index (χ1) is 38.6. The van der Waals surface area contributed by atoms with Crippen molar-refractivity contribution in [3.05, 3.63) is 23.7 Å². The van der Waals surface area contributed by atoms with Crippen LogP contribution in [0.5, 0.6) is 0 Å². The monoisotopic (exact) mass is 1170 g/mol. The normalized spacial score (nSPS) is 20.1. The summed E-state index contributed by atoms with van der Waals surface area (Å²) in [4.78, 5) is 88.8. The number of rotatable bonds is 41. The van der Waals surface area contributed by atoms with Crippen LogP contribution in [-0.4, -0.2) is 280 Å². The van der Waals surface area contributed by atoms with Crippen molar-refractivity contribution in [1.82, 2.24) is 20.0 Å². The number of aliphatic hydroxyl groups is 4. The molecule has 32 heteroatoms. The molecule has 2 rings (SSSR count). The molecule has 0 radical (unpaired) electrons. The number of hydrogen-bond donors (Lipinski definition) is 11. The van der Waals surface area contributed by atoms with Crippen molar-refractivity contribution in [3.8, 4) is 0 Å². The third kappa shape index (κ3) is 26.0. The number of hydrogen-bond acceptors (Lipinski definition) is 22. The smallest absolute Gasteiger partial charge is 0.410 e. The quantitative estimate of drug-likeness (QED) is 0.0159. The summed E-state index contributed by atoms with van der Waals surface area (Å²) >= 11 is 0. The minimum absolute atomic E-state index is 0.0180. The molecule has 1 unspecified atom stereocenters. The van der Waals surface area contributed by atoms with Gasteiger partial charge in [0.25, 0.3) is 0 Å². The van der Waals surface area contributed by atoms with Gasteiger partial charge in [0.2, 0.25) is 23.3 Å². The Morgan fingerprint density at radius 3 is 1.38 bits per heavy atom. The number of nitrogens with zero attached hydrogens (tertiary/aromatic N) is 5. The van der Waals surface area contributed by atoms with E-state index in [4.69, 9.17) is 70.3 Å². The van der Waals surface area contributed by atoms with Crippen molar-refractivity contribution in [2.75, 3.05) is 132 Å². The summed E-state index contributed by atoms with van der Waals surface area (Å²) in [6, 6.07) is -3.50. The first-order valence-corrected chi connectivity index (χ1v) is 26.5. The van der Waals surface area contributed by atoms with Crippen LogP contribution in [0.15, 0.2) is 33.7 Å². The molecule has 0 aromatic heterocycles. The van der Waals surface area contributed by atoms with Crippen LogP contribution < -0.4 is 28.3 Å². The summed E-state index contributed by atoms with van der Waals surface area (Å²) < 4.78 is 56.2. The van der Waals surface area contributed by atoms with E-state index < -0.39 is 121 Å². The number of likely N-dealkylation sites (N-methyl/N-ethyl adjacent to an activating group) is 2. The van der Waals surface area contributed by atoms with Crippen molar-refractivity contribution >= 4 is 47.9 Å². The Labute approximate surface area is 470 Å². The Morgan fingerprint density at radius 2 is 0.975 bits per heavy atom. The summed E-state index contributed by atoms with van der Waals surface area (Å²) in [5.74, 6) is -6.82. The van der Waals surface area contributed by atoms with Crippen molar-refractivity contribution in [2.24, 2.45) is 38.8 Å². The Morgan fingerprint density at radius 1 is 0.593 bits per heavy atom. The first kappa shape index (κ1) is 70.7. The van der Waals surface area contributed by atoms with Crippen LogP contribution in [0.1, 0.15) is 47.5 Å². The number of guanidine groups is 2. The van der Waals surface area contributed by atoms with Crippen LogP contribution in [0.25, 0.3) is 0 Å². The molecule has 0 saturated heterocycles. The van der Waals surface area contributed by atoms with E-state index >= 15 is 0 Å². The molecular formula is C49H86N10O22. The zero-order valence-corrected chi connectivity index (χ0v) is 46.7. The van der Waals surface area contributed by atoms with Crippen LogP contribution in [0.3, 0.4) is 0 Å². The highest BCUT2D eigenvalue weighted by Gasteiger charge is 2.47. The van der Waals surface area contributed by atoms with E-state index in [0.717, 1.165) is 19.4 Å². The topological polar surface area (TPSA) is 467 Å². The number of carboxylic acids is 2. The van der Waals surface area contributed by atoms with E-state index in [0.29, 0.717) is 33.0 Å². The number of aliphatic hydroxyl groups excluding tert-OH is 4. The van der Waals surface area contributed by atoms with Gasteiger partial charge >= 0.3 is 24.1 Å². The van der Waals surface area contributed by atoms with E-state index in [1.54, 1.807) is 20.8 Å². The lowest BCUT2D eigenvalue weighted by Gasteiger charge is -2.40. The van der Waals surface area contributed by atoms with E-state index in [2.05, 4.69) is 15.3 Å². The molecule has 2 heterocycles. The molecule has 32 nitrogen and oxygen atoms in total. The van der Waals surface area contributed by atoms with Gasteiger partial charge in [-0.3, -0.25) is 9.59 Å². The van der Waals surface area contributed by atoms with Crippen LogP contribution in [-0.2, 0) is 66.5 Å². The maximum Gasteiger partial charge on any atom is 0.410 e. The summed E-state index contributed by atoms with van der Waals surface area (Å²) in [5, 5.41) is 63.5. The second kappa shape index (κ2) is 39.1. The lowest BCUT2D eigenvalue weighted by atomic mass is 9.87. The predicted molar refractivity (Wildman–Crippen MR) is 285 cm³/mol. The van der Waals surface area contributed by atoms with E-state index in [9.17, 15) is 59.4 Å². The van der Waals surface area contributed by atoms with Crippen LogP contribution in [0.4, 0.5) is 9.59 Å². The van der Waals surface area contributed by atoms with Gasteiger partial charge in [-0.2, -0.15) is 0 Å². The molecule has 0 aromatic carbocycles. The summed E-state index contributed by atoms with van der Waals surface area (Å²) in [6.45, 7) is 8.88. The van der Waals surface area contributed by atoms with Crippen molar-refractivity contribution in [1.29, 1.82) is 0 Å². The largest absolute Gasteiger partial charge is 0.479 e. The second-order valence-corrected chi connectivity index (χ2v) is 18.2. The highest BCUT2D eigenvalue weighted by Crippen LogP contribution is 2.31. The van der Waals surface area contributed by atoms with Gasteiger partial charge in [-0.15, -0.1) is 0 Å². The third-order valence-corrected chi connectivity index (χ3v) is 12.2. The van der Waals surface area contributed by atoms with Crippen molar-refractivity contribution in [3.63, 3.8) is 0 Å². The third-order valence-electron chi connectivity index (χ3n) is 12.2. The number of carbonyl (C=O) groups excluding carboxylic acids is 4. The zero-order chi connectivity index (χ0) is 60.4. The Kier molecular flexibility index (Phi) is 34.2. The van der Waals surface area contributed by atoms with Crippen LogP contribution in [0.2, 0.25) is 0 Å². The number of nitrogens with one attached hydrogen (secondary N) is 1. The van der Waals surface area contributed by atoms with Gasteiger partial charge in [-0.25, -0.2) is 29.2 Å². The zero-order valence-electron chi connectivity index (χ0n) is 46.7. The second-order valence-electron chi connectivity index (χ2n) is 18.2. The number of nitrogens with two attached hydrogens (primary N) is 4. The summed E-state index contributed by atoms with van der Waals surface area (Å²) in [6.07, 6.45) is -8.75. The van der Waals surface area contributed by atoms with Crippen LogP contribution >= 0.6 is 0 Å². The average molecular weight is 1170 g/mol. The molecule has 0 bridgehead atoms. The fourth-order valence-electron chi connectivity index (χ4n) is 7.97. The predicted octanol–water partition coefficient (Wildman–Crippen LogP) is -3.77. The minimum Gasteiger partial charge on any atom is -0.479 e. The Hall–Kier alpha value is -6.36. The fraction of sp³-hybridized carbons (Fsp3) is 0.755. The molecule has 4 amide bonds. The van der Waals surface area contributed by atoms with Gasteiger partial charge in [-0.1, -0.05) is 13.8 Å². The molecule has 10 atom stereocenters. The van der Waals surface area contributed by atoms with Gasteiger partial charge < -0.3 is 121 Å². The van der Waals surface area contributed by atoms with Crippen molar-refractivity contribution in [2.45, 2.75) is 102 Å². The van der Waals surface area contributed by atoms with E-state index in [1.807, 2.05) is 6.92 Å². The van der Waals surface area contributed by atoms with Gasteiger partial charge in [-0.05, 0) is 32.4 Å². The lowest BCUT2D eigenvalue weighted by molar-refractivity contribution is -0.148. The molecule has 2 aliphatic heterocycles. The SMILES string of the molecule is CCCOCCOCCOCCOCCC(=O)N(CCOCCN(CC)C(=O)OC([C@H](O)CO)[C@@H]1OC(C(=O)O)=C[C@H](N=C(N)N)[C@H]1NC(C)=O)CCOCCN(CC)C(=O)O[C@@H]([C@@H]1OC(C(=O)O)=C[C@H](N=C(N)N)[C@H]1C)[C@H](O)CO. The fourth-order valence-corrected chi connectivity index (χ4v) is 7.97. The molecule has 0 spiro atoms. The van der Waals surface area contributed by atoms with Gasteiger partial charge in [0.15, 0.2) is 30.2 Å². The lowest BCUT2D eigenvalue weighted by Crippen LogP contribution is -2.61. The van der Waals surface area contributed by atoms with Crippen molar-refractivity contribution < 1.29 is 107 Å². The van der Waals surface area contributed by atoms with Gasteiger partial charge in [0, 0.05) is 58.7 Å². The number of aliphatic carboxylic acids is 2. The van der Waals surface area contributed by atoms with E-state index in [-0.39, 0.29) is 104 Å². The molecule has 15 N–H and O–H groups in total. The standard InChI is InChI=1S/C49H86N10O22/c1-6-14-72-20-22-76-24-25-77-23-21-73-15-9-38(65)59(12-18-74-16-10-57(7-2)48(70)80-41(34(63)28-60)40-30(4)32(55-46(50)51)26-36(78-40)44(66)67)13-19-75-17-11-58(8-3)49(71)81-42(35(64)29-61)43-39(54-31(5)62)33(56-47(52)53)27-37(79-43)45(68)69/h26-27,30,32-35,39-43,60-61,63-64H,6-25,28-29H2,1-5H3,(H,54,62)(H,66,67)(H,68,69)(H4,50,51,55)(H4,52,53,56)/t30-,32+,33+,34-,35-,39-,40-,41-,42?,43-/m1/s1. The average Bonchev–Trinajstić information content (AvgIpc) is 3.48. The minimum atomic E-state index is -1.85. The molecule has 2 aliphatic rings. The molecule has 464 valence electrons. The Bertz CT molecular complexity index is 2050. The molecule has 0 fully saturated rings. The number of ether oxygens (including phenoxy) is 10. The van der Waals surface area contributed by atoms with E-state index in [1.165, 1.54) is 20.8 Å². The molecule has 0 aliphatic carbocycles. The molecule has 0 saturated carbocycles. The van der Waals surface area contributed by atoms with Gasteiger partial charge in [0.1, 0.15) is 18.3 Å². The van der Waals surface area contributed by atoms with Crippen LogP contribution in [0, 0.1) is 5.92 Å². The number of carbonyl (C=O) groups is 6. The number of aliphatic imine (C=N–C) groups is 2. The molecule has 0 aromatic rings.